The first-order valence-electron chi connectivity index (χ1n) is 13.4. The Hall–Kier alpha value is -3.26. The molecule has 0 fully saturated rings. The fraction of sp³-hybridized carbons (Fsp3) is 0.294. The van der Waals surface area contributed by atoms with Crippen molar-refractivity contribution in [2.75, 3.05) is 0 Å². The van der Waals surface area contributed by atoms with E-state index in [1.807, 2.05) is 31.2 Å². The van der Waals surface area contributed by atoms with Crippen LogP contribution >= 0.6 is 12.6 Å². The van der Waals surface area contributed by atoms with E-state index in [4.69, 9.17) is 26.7 Å². The third-order valence-corrected chi connectivity index (χ3v) is 7.09. The van der Waals surface area contributed by atoms with Crippen LogP contribution in [0.5, 0.6) is 11.5 Å². The third-order valence-electron chi connectivity index (χ3n) is 5.84. The standard InChI is InChI=1S/C27H32O2S.C7H8O3S/c1-18-8-17-23(30)25(20-11-15-22(16-12-20)29-27(5,6)7)24(18)19-9-13-21(14-10-19)28-26(2,3)4;1-6-2-4-7(5-3-6)11(8,9)10/h8-17,30H,1-7H3;2-5H,1H3,(H,8,9,10). The monoisotopic (exact) mass is 592 g/mol. The molecule has 5 nitrogen and oxygen atoms in total. The van der Waals surface area contributed by atoms with E-state index in [1.165, 1.54) is 23.3 Å². The van der Waals surface area contributed by atoms with Gasteiger partial charge in [-0.1, -0.05) is 48.0 Å². The van der Waals surface area contributed by atoms with Gasteiger partial charge >= 0.3 is 0 Å². The summed E-state index contributed by atoms with van der Waals surface area (Å²) in [7, 11) is -4.02. The first-order valence-corrected chi connectivity index (χ1v) is 15.3. The Morgan fingerprint density at radius 3 is 1.41 bits per heavy atom. The van der Waals surface area contributed by atoms with Crippen LogP contribution in [0.2, 0.25) is 0 Å². The summed E-state index contributed by atoms with van der Waals surface area (Å²) in [5.74, 6) is 1.74. The van der Waals surface area contributed by atoms with Crippen molar-refractivity contribution < 1.29 is 22.4 Å². The van der Waals surface area contributed by atoms with Gasteiger partial charge in [-0.15, -0.1) is 12.6 Å². The number of benzene rings is 4. The van der Waals surface area contributed by atoms with E-state index in [-0.39, 0.29) is 16.1 Å². The number of hydrogen-bond acceptors (Lipinski definition) is 5. The zero-order valence-electron chi connectivity index (χ0n) is 25.0. The smallest absolute Gasteiger partial charge is 0.294 e. The maximum atomic E-state index is 10.5. The first-order chi connectivity index (χ1) is 18.9. The number of ether oxygens (including phenoxy) is 2. The number of hydrogen-bond donors (Lipinski definition) is 2. The van der Waals surface area contributed by atoms with Crippen LogP contribution < -0.4 is 9.47 Å². The minimum absolute atomic E-state index is 0.0666. The predicted molar refractivity (Wildman–Crippen MR) is 171 cm³/mol. The molecule has 4 aromatic carbocycles. The first kappa shape index (κ1) is 32.3. The minimum atomic E-state index is -4.02. The number of rotatable bonds is 5. The molecule has 0 atom stereocenters. The molecule has 4 rings (SSSR count). The molecule has 0 aromatic heterocycles. The van der Waals surface area contributed by atoms with Crippen LogP contribution in [0, 0.1) is 13.8 Å². The lowest BCUT2D eigenvalue weighted by atomic mass is 9.91. The molecule has 0 spiro atoms. The minimum Gasteiger partial charge on any atom is -0.488 e. The molecule has 0 aliphatic rings. The zero-order chi connectivity index (χ0) is 30.6. The molecule has 218 valence electrons. The quantitative estimate of drug-likeness (QED) is 0.179. The number of thiol groups is 1. The lowest BCUT2D eigenvalue weighted by Gasteiger charge is -2.22. The summed E-state index contributed by atoms with van der Waals surface area (Å²) < 4.78 is 41.5. The zero-order valence-corrected chi connectivity index (χ0v) is 26.7. The molecular formula is C34H40O5S2. The van der Waals surface area contributed by atoms with Crippen LogP contribution in [0.4, 0.5) is 0 Å². The third kappa shape index (κ3) is 9.66. The Morgan fingerprint density at radius 1 is 0.610 bits per heavy atom. The fourth-order valence-corrected chi connectivity index (χ4v) is 4.95. The average molecular weight is 593 g/mol. The summed E-state index contributed by atoms with van der Waals surface area (Å²) in [6.45, 7) is 16.3. The van der Waals surface area contributed by atoms with Gasteiger partial charge in [0.15, 0.2) is 0 Å². The second-order valence-electron chi connectivity index (χ2n) is 11.9. The Kier molecular flexibility index (Phi) is 10.0. The molecule has 0 unspecified atom stereocenters. The van der Waals surface area contributed by atoms with Crippen LogP contribution in [-0.4, -0.2) is 24.2 Å². The van der Waals surface area contributed by atoms with Crippen molar-refractivity contribution in [2.45, 2.75) is 76.4 Å². The second-order valence-corrected chi connectivity index (χ2v) is 13.8. The fourth-order valence-electron chi connectivity index (χ4n) is 4.16. The summed E-state index contributed by atoms with van der Waals surface area (Å²) >= 11 is 4.79. The molecular weight excluding hydrogens is 553 g/mol. The Labute approximate surface area is 250 Å². The Balaban J connectivity index is 0.000000352. The van der Waals surface area contributed by atoms with Gasteiger partial charge in [-0.25, -0.2) is 0 Å². The molecule has 0 bridgehead atoms. The average Bonchev–Trinajstić information content (AvgIpc) is 2.85. The van der Waals surface area contributed by atoms with Crippen molar-refractivity contribution in [3.8, 4) is 33.8 Å². The van der Waals surface area contributed by atoms with Gasteiger partial charge in [-0.2, -0.15) is 8.42 Å². The van der Waals surface area contributed by atoms with Crippen molar-refractivity contribution in [1.29, 1.82) is 0 Å². The van der Waals surface area contributed by atoms with Crippen LogP contribution in [0.1, 0.15) is 52.7 Å². The Morgan fingerprint density at radius 2 is 1.02 bits per heavy atom. The molecule has 4 aromatic rings. The molecule has 0 heterocycles. The van der Waals surface area contributed by atoms with Crippen LogP contribution in [0.3, 0.4) is 0 Å². The molecule has 1 N–H and O–H groups in total. The highest BCUT2D eigenvalue weighted by Crippen LogP contribution is 2.40. The second kappa shape index (κ2) is 12.7. The van der Waals surface area contributed by atoms with Crippen molar-refractivity contribution in [1.82, 2.24) is 0 Å². The van der Waals surface area contributed by atoms with Gasteiger partial charge in [-0.3, -0.25) is 4.55 Å². The summed E-state index contributed by atoms with van der Waals surface area (Å²) in [5, 5.41) is 0. The van der Waals surface area contributed by atoms with Gasteiger partial charge in [0.25, 0.3) is 10.1 Å². The largest absolute Gasteiger partial charge is 0.488 e. The predicted octanol–water partition coefficient (Wildman–Crippen LogP) is 9.21. The molecule has 0 aliphatic carbocycles. The van der Waals surface area contributed by atoms with E-state index >= 15 is 0 Å². The van der Waals surface area contributed by atoms with Crippen LogP contribution in [0.25, 0.3) is 22.3 Å². The summed E-state index contributed by atoms with van der Waals surface area (Å²) in [6.07, 6.45) is 0. The van der Waals surface area contributed by atoms with E-state index in [2.05, 4.69) is 84.9 Å². The van der Waals surface area contributed by atoms with Crippen molar-refractivity contribution in [2.24, 2.45) is 0 Å². The van der Waals surface area contributed by atoms with Crippen molar-refractivity contribution in [3.63, 3.8) is 0 Å². The highest BCUT2D eigenvalue weighted by atomic mass is 32.2. The lowest BCUT2D eigenvalue weighted by Crippen LogP contribution is -2.22. The number of aryl methyl sites for hydroxylation is 2. The van der Waals surface area contributed by atoms with Gasteiger partial charge in [0, 0.05) is 10.5 Å². The molecule has 0 saturated heterocycles. The lowest BCUT2D eigenvalue weighted by molar-refractivity contribution is 0.130. The highest BCUT2D eigenvalue weighted by Gasteiger charge is 2.17. The molecule has 0 saturated carbocycles. The normalized spacial score (nSPS) is 11.9. The molecule has 41 heavy (non-hydrogen) atoms. The van der Waals surface area contributed by atoms with Gasteiger partial charge in [0.05, 0.1) is 4.90 Å². The maximum Gasteiger partial charge on any atom is 0.294 e. The maximum absolute atomic E-state index is 10.5. The van der Waals surface area contributed by atoms with E-state index in [9.17, 15) is 8.42 Å². The van der Waals surface area contributed by atoms with Gasteiger partial charge in [-0.05, 0) is 120 Å². The SMILES string of the molecule is Cc1ccc(S(=O)(=O)O)cc1.Cc1ccc(S)c(-c2ccc(OC(C)(C)C)cc2)c1-c1ccc(OC(C)(C)C)cc1. The van der Waals surface area contributed by atoms with Crippen LogP contribution in [-0.2, 0) is 10.1 Å². The highest BCUT2D eigenvalue weighted by molar-refractivity contribution is 7.85. The van der Waals surface area contributed by atoms with E-state index in [0.717, 1.165) is 38.6 Å². The Bertz CT molecular complexity index is 1470. The van der Waals surface area contributed by atoms with Gasteiger partial charge in [0.1, 0.15) is 22.7 Å². The molecule has 7 heteroatoms. The molecule has 0 radical (unpaired) electrons. The summed E-state index contributed by atoms with van der Waals surface area (Å²) in [4.78, 5) is 0.887. The van der Waals surface area contributed by atoms with E-state index in [0.29, 0.717) is 0 Å². The van der Waals surface area contributed by atoms with Gasteiger partial charge < -0.3 is 9.47 Å². The van der Waals surface area contributed by atoms with Crippen molar-refractivity contribution >= 4 is 22.7 Å². The van der Waals surface area contributed by atoms with Gasteiger partial charge in [0.2, 0.25) is 0 Å². The topological polar surface area (TPSA) is 72.8 Å². The van der Waals surface area contributed by atoms with E-state index in [1.54, 1.807) is 12.1 Å². The molecule has 0 aliphatic heterocycles. The van der Waals surface area contributed by atoms with Crippen molar-refractivity contribution in [3.05, 3.63) is 96.1 Å². The summed E-state index contributed by atoms with van der Waals surface area (Å²) in [6, 6.07) is 26.8. The van der Waals surface area contributed by atoms with Crippen LogP contribution in [0.15, 0.2) is 94.7 Å². The summed E-state index contributed by atoms with van der Waals surface area (Å²) in [5.41, 5.74) is 6.32. The molecule has 0 amide bonds. The van der Waals surface area contributed by atoms with E-state index < -0.39 is 10.1 Å².